The van der Waals surface area contributed by atoms with Crippen LogP contribution in [0.15, 0.2) is 54.6 Å². The Kier molecular flexibility index (Phi) is 4.23. The molecule has 1 amide bonds. The van der Waals surface area contributed by atoms with E-state index in [0.717, 1.165) is 12.1 Å². The average Bonchev–Trinajstić information content (AvgIpc) is 2.48. The molecule has 0 saturated heterocycles. The highest BCUT2D eigenvalue weighted by Crippen LogP contribution is 2.28. The Hall–Kier alpha value is -2.09. The zero-order valence-corrected chi connectivity index (χ0v) is 12.3. The number of carbonyl (C=O) groups is 1. The van der Waals surface area contributed by atoms with Gasteiger partial charge in [0.1, 0.15) is 0 Å². The van der Waals surface area contributed by atoms with Gasteiger partial charge in [-0.15, -0.1) is 0 Å². The molecular weight excluding hydrogens is 246 g/mol. The second kappa shape index (κ2) is 5.91. The molecule has 0 aliphatic carbocycles. The number of amides is 1. The Morgan fingerprint density at radius 1 is 1.05 bits per heavy atom. The average molecular weight is 267 g/mol. The first-order chi connectivity index (χ1) is 9.53. The van der Waals surface area contributed by atoms with E-state index in [1.165, 1.54) is 5.56 Å². The van der Waals surface area contributed by atoms with E-state index >= 15 is 0 Å². The first-order valence-corrected chi connectivity index (χ1v) is 7.00. The van der Waals surface area contributed by atoms with Crippen LogP contribution in [-0.2, 0) is 5.41 Å². The van der Waals surface area contributed by atoms with Crippen molar-refractivity contribution in [3.63, 3.8) is 0 Å². The molecule has 0 aliphatic heterocycles. The topological polar surface area (TPSA) is 29.1 Å². The molecule has 2 aromatic rings. The number of hydrogen-bond donors (Lipinski definition) is 1. The van der Waals surface area contributed by atoms with Crippen LogP contribution in [0.3, 0.4) is 0 Å². The van der Waals surface area contributed by atoms with Crippen molar-refractivity contribution in [2.24, 2.45) is 0 Å². The van der Waals surface area contributed by atoms with Gasteiger partial charge in [0.2, 0.25) is 0 Å². The summed E-state index contributed by atoms with van der Waals surface area (Å²) >= 11 is 0. The predicted molar refractivity (Wildman–Crippen MR) is 84.2 cm³/mol. The van der Waals surface area contributed by atoms with Crippen LogP contribution in [0.4, 0.5) is 5.69 Å². The van der Waals surface area contributed by atoms with Crippen molar-refractivity contribution < 1.29 is 4.79 Å². The first-order valence-electron chi connectivity index (χ1n) is 7.00. The van der Waals surface area contributed by atoms with Gasteiger partial charge in [0.05, 0.1) is 0 Å². The van der Waals surface area contributed by atoms with Crippen molar-refractivity contribution in [1.29, 1.82) is 0 Å². The molecule has 2 rings (SSSR count). The Bertz CT molecular complexity index is 587. The third-order valence-electron chi connectivity index (χ3n) is 3.82. The second-order valence-corrected chi connectivity index (χ2v) is 5.64. The third kappa shape index (κ3) is 3.27. The number of benzene rings is 2. The molecule has 0 aromatic heterocycles. The van der Waals surface area contributed by atoms with Crippen molar-refractivity contribution in [2.75, 3.05) is 5.32 Å². The fourth-order valence-electron chi connectivity index (χ4n) is 2.01. The molecule has 0 saturated carbocycles. The van der Waals surface area contributed by atoms with Gasteiger partial charge in [-0.05, 0) is 41.7 Å². The Labute approximate surface area is 120 Å². The molecule has 0 radical (unpaired) electrons. The molecule has 2 heteroatoms. The molecule has 20 heavy (non-hydrogen) atoms. The van der Waals surface area contributed by atoms with Crippen LogP contribution in [0, 0.1) is 0 Å². The molecule has 0 aliphatic rings. The summed E-state index contributed by atoms with van der Waals surface area (Å²) in [6.45, 7) is 6.60. The van der Waals surface area contributed by atoms with Gasteiger partial charge < -0.3 is 5.32 Å². The maximum atomic E-state index is 12.1. The van der Waals surface area contributed by atoms with Crippen LogP contribution >= 0.6 is 0 Å². The van der Waals surface area contributed by atoms with E-state index in [-0.39, 0.29) is 11.3 Å². The van der Waals surface area contributed by atoms with Crippen LogP contribution in [0.1, 0.15) is 43.1 Å². The first kappa shape index (κ1) is 14.3. The van der Waals surface area contributed by atoms with E-state index in [0.29, 0.717) is 5.56 Å². The van der Waals surface area contributed by atoms with E-state index in [9.17, 15) is 4.79 Å². The normalized spacial score (nSPS) is 11.2. The zero-order valence-electron chi connectivity index (χ0n) is 12.3. The van der Waals surface area contributed by atoms with E-state index < -0.39 is 0 Å². The van der Waals surface area contributed by atoms with Gasteiger partial charge >= 0.3 is 0 Å². The van der Waals surface area contributed by atoms with Gasteiger partial charge in [0.25, 0.3) is 5.91 Å². The quantitative estimate of drug-likeness (QED) is 0.860. The van der Waals surface area contributed by atoms with Gasteiger partial charge in [0, 0.05) is 11.3 Å². The monoisotopic (exact) mass is 267 g/mol. The fraction of sp³-hybridized carbons (Fsp3) is 0.278. The standard InChI is InChI=1S/C18H21NO/c1-4-18(2,3)15-11-8-12-16(13-15)19-17(20)14-9-6-5-7-10-14/h5-13H,4H2,1-3H3,(H,19,20). The summed E-state index contributed by atoms with van der Waals surface area (Å²) in [5.74, 6) is -0.0722. The minimum atomic E-state index is -0.0722. The van der Waals surface area contributed by atoms with E-state index in [1.807, 2.05) is 42.5 Å². The summed E-state index contributed by atoms with van der Waals surface area (Å²) < 4.78 is 0. The predicted octanol–water partition coefficient (Wildman–Crippen LogP) is 4.63. The summed E-state index contributed by atoms with van der Waals surface area (Å²) in [5, 5.41) is 2.96. The molecule has 2 aromatic carbocycles. The summed E-state index contributed by atoms with van der Waals surface area (Å²) in [5.41, 5.74) is 2.88. The van der Waals surface area contributed by atoms with E-state index in [1.54, 1.807) is 0 Å². The van der Waals surface area contributed by atoms with Crippen LogP contribution in [0.5, 0.6) is 0 Å². The number of carbonyl (C=O) groups excluding carboxylic acids is 1. The van der Waals surface area contributed by atoms with Crippen molar-refractivity contribution in [2.45, 2.75) is 32.6 Å². The number of hydrogen-bond acceptors (Lipinski definition) is 1. The molecule has 0 bridgehead atoms. The van der Waals surface area contributed by atoms with E-state index in [4.69, 9.17) is 0 Å². The highest BCUT2D eigenvalue weighted by molar-refractivity contribution is 6.04. The summed E-state index contributed by atoms with van der Waals surface area (Å²) in [6, 6.07) is 17.4. The highest BCUT2D eigenvalue weighted by Gasteiger charge is 2.18. The Morgan fingerprint density at radius 3 is 2.40 bits per heavy atom. The van der Waals surface area contributed by atoms with Crippen LogP contribution < -0.4 is 5.32 Å². The van der Waals surface area contributed by atoms with Crippen molar-refractivity contribution in [3.05, 3.63) is 65.7 Å². The molecule has 1 N–H and O–H groups in total. The number of nitrogens with one attached hydrogen (secondary N) is 1. The van der Waals surface area contributed by atoms with Crippen molar-refractivity contribution in [3.8, 4) is 0 Å². The van der Waals surface area contributed by atoms with Gasteiger partial charge in [-0.25, -0.2) is 0 Å². The van der Waals surface area contributed by atoms with Gasteiger partial charge in [-0.2, -0.15) is 0 Å². The van der Waals surface area contributed by atoms with Gasteiger partial charge in [-0.3, -0.25) is 4.79 Å². The molecular formula is C18H21NO. The fourth-order valence-corrected chi connectivity index (χ4v) is 2.01. The lowest BCUT2D eigenvalue weighted by atomic mass is 9.82. The zero-order chi connectivity index (χ0) is 14.6. The Morgan fingerprint density at radius 2 is 1.75 bits per heavy atom. The number of anilines is 1. The Balaban J connectivity index is 2.19. The van der Waals surface area contributed by atoms with Crippen molar-refractivity contribution in [1.82, 2.24) is 0 Å². The SMILES string of the molecule is CCC(C)(C)c1cccc(NC(=O)c2ccccc2)c1. The maximum absolute atomic E-state index is 12.1. The van der Waals surface area contributed by atoms with Crippen LogP contribution in [-0.4, -0.2) is 5.91 Å². The number of rotatable bonds is 4. The minimum absolute atomic E-state index is 0.0722. The van der Waals surface area contributed by atoms with Gasteiger partial charge in [-0.1, -0.05) is 51.1 Å². The van der Waals surface area contributed by atoms with Crippen molar-refractivity contribution >= 4 is 11.6 Å². The van der Waals surface area contributed by atoms with Crippen LogP contribution in [0.25, 0.3) is 0 Å². The molecule has 2 nitrogen and oxygen atoms in total. The van der Waals surface area contributed by atoms with Gasteiger partial charge in [0.15, 0.2) is 0 Å². The van der Waals surface area contributed by atoms with Crippen LogP contribution in [0.2, 0.25) is 0 Å². The summed E-state index contributed by atoms with van der Waals surface area (Å²) in [4.78, 5) is 12.1. The van der Waals surface area contributed by atoms with E-state index in [2.05, 4.69) is 38.2 Å². The summed E-state index contributed by atoms with van der Waals surface area (Å²) in [6.07, 6.45) is 1.06. The third-order valence-corrected chi connectivity index (χ3v) is 3.82. The lowest BCUT2D eigenvalue weighted by Gasteiger charge is -2.23. The largest absolute Gasteiger partial charge is 0.322 e. The lowest BCUT2D eigenvalue weighted by molar-refractivity contribution is 0.102. The second-order valence-electron chi connectivity index (χ2n) is 5.64. The molecule has 104 valence electrons. The smallest absolute Gasteiger partial charge is 0.255 e. The minimum Gasteiger partial charge on any atom is -0.322 e. The molecule has 0 heterocycles. The molecule has 0 fully saturated rings. The summed E-state index contributed by atoms with van der Waals surface area (Å²) in [7, 11) is 0. The molecule has 0 spiro atoms. The lowest BCUT2D eigenvalue weighted by Crippen LogP contribution is -2.17. The maximum Gasteiger partial charge on any atom is 0.255 e. The molecule has 0 unspecified atom stereocenters. The highest BCUT2D eigenvalue weighted by atomic mass is 16.1. The molecule has 0 atom stereocenters.